The van der Waals surface area contributed by atoms with Gasteiger partial charge in [-0.2, -0.15) is 10.4 Å². The number of carbonyl (C=O) groups excluding carboxylic acids is 1. The van der Waals surface area contributed by atoms with Crippen molar-refractivity contribution < 1.29 is 9.21 Å². The summed E-state index contributed by atoms with van der Waals surface area (Å²) in [7, 11) is 1.69. The summed E-state index contributed by atoms with van der Waals surface area (Å²) in [6.45, 7) is 1.90. The molecule has 0 aliphatic heterocycles. The molecular weight excluding hydrogens is 232 g/mol. The van der Waals surface area contributed by atoms with Gasteiger partial charge in [-0.1, -0.05) is 6.92 Å². The number of furan rings is 1. The van der Waals surface area contributed by atoms with Gasteiger partial charge in [0, 0.05) is 19.7 Å². The van der Waals surface area contributed by atoms with Crippen LogP contribution in [0.25, 0.3) is 0 Å². The van der Waals surface area contributed by atoms with Crippen molar-refractivity contribution in [2.45, 2.75) is 13.3 Å². The molecule has 0 spiro atoms. The van der Waals surface area contributed by atoms with Crippen LogP contribution in [0, 0.1) is 11.3 Å². The number of amides is 1. The van der Waals surface area contributed by atoms with Gasteiger partial charge in [0.2, 0.25) is 0 Å². The van der Waals surface area contributed by atoms with Gasteiger partial charge in [-0.3, -0.25) is 9.48 Å². The van der Waals surface area contributed by atoms with Crippen molar-refractivity contribution >= 4 is 11.7 Å². The summed E-state index contributed by atoms with van der Waals surface area (Å²) in [6, 6.07) is 3.57. The van der Waals surface area contributed by atoms with E-state index in [-0.39, 0.29) is 11.7 Å². The van der Waals surface area contributed by atoms with Gasteiger partial charge in [-0.05, 0) is 6.07 Å². The first-order valence-corrected chi connectivity index (χ1v) is 5.47. The quantitative estimate of drug-likeness (QED) is 0.890. The van der Waals surface area contributed by atoms with Gasteiger partial charge in [0.05, 0.1) is 11.8 Å². The van der Waals surface area contributed by atoms with Crippen LogP contribution in [0.2, 0.25) is 0 Å². The standard InChI is InChI=1S/C12H12N4O2/c1-3-10-9(4-5-18-10)12(17)14-11-8(6-13)7-16(2)15-11/h4-5,7H,3H2,1-2H3,(H,14,15,17). The fourth-order valence-electron chi connectivity index (χ4n) is 1.65. The van der Waals surface area contributed by atoms with Gasteiger partial charge in [0.15, 0.2) is 5.82 Å². The van der Waals surface area contributed by atoms with E-state index in [4.69, 9.17) is 9.68 Å². The minimum atomic E-state index is -0.323. The van der Waals surface area contributed by atoms with Crippen molar-refractivity contribution in [1.29, 1.82) is 5.26 Å². The molecule has 6 nitrogen and oxygen atoms in total. The fourth-order valence-corrected chi connectivity index (χ4v) is 1.65. The summed E-state index contributed by atoms with van der Waals surface area (Å²) in [6.07, 6.45) is 3.65. The number of hydrogen-bond acceptors (Lipinski definition) is 4. The Morgan fingerprint density at radius 3 is 3.11 bits per heavy atom. The van der Waals surface area contributed by atoms with E-state index in [9.17, 15) is 4.79 Å². The van der Waals surface area contributed by atoms with Crippen molar-refractivity contribution in [3.05, 3.63) is 35.4 Å². The molecule has 0 saturated carbocycles. The lowest BCUT2D eigenvalue weighted by molar-refractivity contribution is 0.102. The van der Waals surface area contributed by atoms with Crippen LogP contribution < -0.4 is 5.32 Å². The highest BCUT2D eigenvalue weighted by Crippen LogP contribution is 2.16. The molecule has 0 radical (unpaired) electrons. The third-order valence-electron chi connectivity index (χ3n) is 2.49. The van der Waals surface area contributed by atoms with E-state index < -0.39 is 0 Å². The third-order valence-corrected chi connectivity index (χ3v) is 2.49. The van der Waals surface area contributed by atoms with Crippen LogP contribution >= 0.6 is 0 Å². The molecule has 1 amide bonds. The highest BCUT2D eigenvalue weighted by atomic mass is 16.3. The average molecular weight is 244 g/mol. The molecular formula is C12H12N4O2. The zero-order valence-corrected chi connectivity index (χ0v) is 10.1. The molecule has 0 aliphatic carbocycles. The maximum atomic E-state index is 12.0. The first-order valence-electron chi connectivity index (χ1n) is 5.47. The second-order valence-electron chi connectivity index (χ2n) is 3.74. The Morgan fingerprint density at radius 1 is 1.67 bits per heavy atom. The van der Waals surface area contributed by atoms with E-state index in [0.717, 1.165) is 0 Å². The molecule has 0 saturated heterocycles. The Labute approximate surface area is 104 Å². The number of anilines is 1. The topological polar surface area (TPSA) is 83.8 Å². The number of aromatic nitrogens is 2. The van der Waals surface area contributed by atoms with Gasteiger partial charge in [-0.15, -0.1) is 0 Å². The highest BCUT2D eigenvalue weighted by Gasteiger charge is 2.16. The van der Waals surface area contributed by atoms with E-state index in [1.807, 2.05) is 13.0 Å². The normalized spacial score (nSPS) is 10.1. The number of rotatable bonds is 3. The lowest BCUT2D eigenvalue weighted by atomic mass is 10.2. The molecule has 0 aliphatic rings. The smallest absolute Gasteiger partial charge is 0.260 e. The summed E-state index contributed by atoms with van der Waals surface area (Å²) in [5.41, 5.74) is 0.791. The van der Waals surface area contributed by atoms with Gasteiger partial charge in [-0.25, -0.2) is 0 Å². The summed E-state index contributed by atoms with van der Waals surface area (Å²) < 4.78 is 6.66. The van der Waals surface area contributed by atoms with E-state index in [1.165, 1.54) is 10.9 Å². The van der Waals surface area contributed by atoms with E-state index in [2.05, 4.69) is 10.4 Å². The lowest BCUT2D eigenvalue weighted by Gasteiger charge is -2.01. The SMILES string of the molecule is CCc1occc1C(=O)Nc1nn(C)cc1C#N. The van der Waals surface area contributed by atoms with E-state index >= 15 is 0 Å². The number of hydrogen-bond donors (Lipinski definition) is 1. The molecule has 2 rings (SSSR count). The van der Waals surface area contributed by atoms with Crippen molar-refractivity contribution in [1.82, 2.24) is 9.78 Å². The van der Waals surface area contributed by atoms with Crippen molar-refractivity contribution in [3.8, 4) is 6.07 Å². The van der Waals surface area contributed by atoms with E-state index in [0.29, 0.717) is 23.3 Å². The zero-order chi connectivity index (χ0) is 13.1. The maximum absolute atomic E-state index is 12.0. The second-order valence-corrected chi connectivity index (χ2v) is 3.74. The molecule has 92 valence electrons. The van der Waals surface area contributed by atoms with Crippen LogP contribution in [-0.4, -0.2) is 15.7 Å². The van der Waals surface area contributed by atoms with Gasteiger partial charge < -0.3 is 9.73 Å². The molecule has 0 fully saturated rings. The predicted octanol–water partition coefficient (Wildman–Crippen LogP) is 1.70. The predicted molar refractivity (Wildman–Crippen MR) is 64.0 cm³/mol. The van der Waals surface area contributed by atoms with Gasteiger partial charge in [0.25, 0.3) is 5.91 Å². The molecule has 6 heteroatoms. The zero-order valence-electron chi connectivity index (χ0n) is 10.1. The van der Waals surface area contributed by atoms with Crippen LogP contribution in [0.4, 0.5) is 5.82 Å². The second kappa shape index (κ2) is 4.75. The number of aryl methyl sites for hydroxylation is 2. The van der Waals surface area contributed by atoms with Gasteiger partial charge >= 0.3 is 0 Å². The summed E-state index contributed by atoms with van der Waals surface area (Å²) in [5, 5.41) is 15.5. The van der Waals surface area contributed by atoms with Crippen LogP contribution in [-0.2, 0) is 13.5 Å². The first-order chi connectivity index (χ1) is 8.65. The number of nitrogens with zero attached hydrogens (tertiary/aromatic N) is 3. The molecule has 0 aromatic carbocycles. The number of carbonyl (C=O) groups is 1. The molecule has 2 aromatic heterocycles. The largest absolute Gasteiger partial charge is 0.469 e. The minimum Gasteiger partial charge on any atom is -0.469 e. The fraction of sp³-hybridized carbons (Fsp3) is 0.250. The molecule has 0 atom stereocenters. The van der Waals surface area contributed by atoms with Crippen molar-refractivity contribution in [2.24, 2.45) is 7.05 Å². The first kappa shape index (κ1) is 11.9. The molecule has 2 aromatic rings. The Balaban J connectivity index is 2.24. The van der Waals surface area contributed by atoms with Crippen molar-refractivity contribution in [2.75, 3.05) is 5.32 Å². The molecule has 1 N–H and O–H groups in total. The summed E-state index contributed by atoms with van der Waals surface area (Å²) in [4.78, 5) is 12.0. The Kier molecular flexibility index (Phi) is 3.15. The molecule has 0 unspecified atom stereocenters. The summed E-state index contributed by atoms with van der Waals surface area (Å²) in [5.74, 6) is 0.547. The Morgan fingerprint density at radius 2 is 2.44 bits per heavy atom. The van der Waals surface area contributed by atoms with Crippen LogP contribution in [0.3, 0.4) is 0 Å². The lowest BCUT2D eigenvalue weighted by Crippen LogP contribution is -2.14. The highest BCUT2D eigenvalue weighted by molar-refractivity contribution is 6.05. The minimum absolute atomic E-state index is 0.258. The molecule has 18 heavy (non-hydrogen) atoms. The molecule has 0 bridgehead atoms. The van der Waals surface area contributed by atoms with Crippen LogP contribution in [0.5, 0.6) is 0 Å². The number of nitrogens with one attached hydrogen (secondary N) is 1. The van der Waals surface area contributed by atoms with E-state index in [1.54, 1.807) is 19.3 Å². The Bertz CT molecular complexity index is 618. The van der Waals surface area contributed by atoms with Crippen molar-refractivity contribution in [3.63, 3.8) is 0 Å². The number of nitriles is 1. The van der Waals surface area contributed by atoms with Gasteiger partial charge in [0.1, 0.15) is 17.4 Å². The van der Waals surface area contributed by atoms with Crippen LogP contribution in [0.1, 0.15) is 28.6 Å². The average Bonchev–Trinajstić information content (AvgIpc) is 2.95. The summed E-state index contributed by atoms with van der Waals surface area (Å²) >= 11 is 0. The molecule has 2 heterocycles. The maximum Gasteiger partial charge on any atom is 0.260 e. The monoisotopic (exact) mass is 244 g/mol. The Hall–Kier alpha value is -2.55. The third kappa shape index (κ3) is 2.11. The van der Waals surface area contributed by atoms with Crippen LogP contribution in [0.15, 0.2) is 22.9 Å².